The van der Waals surface area contributed by atoms with Gasteiger partial charge in [-0.15, -0.1) is 0 Å². The van der Waals surface area contributed by atoms with Gasteiger partial charge in [0, 0.05) is 5.56 Å². The van der Waals surface area contributed by atoms with Crippen molar-refractivity contribution >= 4 is 5.91 Å². The number of methoxy groups -OCH3 is 1. The zero-order valence-corrected chi connectivity index (χ0v) is 7.99. The molecule has 0 aliphatic rings. The molecule has 0 bridgehead atoms. The Labute approximate surface area is 82.3 Å². The van der Waals surface area contributed by atoms with Crippen LogP contribution in [0.1, 0.15) is 11.1 Å². The highest BCUT2D eigenvalue weighted by atomic mass is 16.5. The number of carbonyl (C=O) groups is 1. The Balaban J connectivity index is 3.08. The Kier molecular flexibility index (Phi) is 3.48. The third kappa shape index (κ3) is 2.23. The fraction of sp³-hybridized carbons (Fsp3) is 0.300. The Bertz CT molecular complexity index is 336. The van der Waals surface area contributed by atoms with E-state index in [1.54, 1.807) is 18.2 Å². The van der Waals surface area contributed by atoms with E-state index < -0.39 is 5.91 Å². The highest BCUT2D eigenvalue weighted by molar-refractivity contribution is 5.77. The van der Waals surface area contributed by atoms with Crippen LogP contribution in [0.2, 0.25) is 0 Å². The molecule has 0 atom stereocenters. The van der Waals surface area contributed by atoms with Crippen molar-refractivity contribution in [1.82, 2.24) is 0 Å². The number of benzene rings is 1. The molecule has 0 saturated carbocycles. The predicted octanol–water partition coefficient (Wildman–Crippen LogP) is 0.215. The van der Waals surface area contributed by atoms with Crippen molar-refractivity contribution in [3.05, 3.63) is 29.3 Å². The number of rotatable bonds is 4. The summed E-state index contributed by atoms with van der Waals surface area (Å²) in [5, 5.41) is 9.11. The van der Waals surface area contributed by atoms with Gasteiger partial charge in [0.15, 0.2) is 0 Å². The maximum absolute atomic E-state index is 10.7. The average Bonchev–Trinajstić information content (AvgIpc) is 2.16. The monoisotopic (exact) mass is 195 g/mol. The van der Waals surface area contributed by atoms with Gasteiger partial charge in [-0.25, -0.2) is 0 Å². The summed E-state index contributed by atoms with van der Waals surface area (Å²) in [5.41, 5.74) is 6.41. The van der Waals surface area contributed by atoms with Crippen molar-refractivity contribution in [2.45, 2.75) is 13.0 Å². The van der Waals surface area contributed by atoms with Gasteiger partial charge >= 0.3 is 0 Å². The topological polar surface area (TPSA) is 72.5 Å². The molecule has 0 aromatic heterocycles. The molecule has 3 N–H and O–H groups in total. The predicted molar refractivity (Wildman–Crippen MR) is 51.8 cm³/mol. The van der Waals surface area contributed by atoms with Crippen LogP contribution in [0.15, 0.2) is 18.2 Å². The van der Waals surface area contributed by atoms with Crippen molar-refractivity contribution in [1.29, 1.82) is 0 Å². The summed E-state index contributed by atoms with van der Waals surface area (Å²) in [6.07, 6.45) is 0.118. The van der Waals surface area contributed by atoms with E-state index in [0.29, 0.717) is 16.9 Å². The third-order valence-corrected chi connectivity index (χ3v) is 1.97. The molecule has 14 heavy (non-hydrogen) atoms. The Hall–Kier alpha value is -1.55. The van der Waals surface area contributed by atoms with Gasteiger partial charge in [-0.1, -0.05) is 12.1 Å². The van der Waals surface area contributed by atoms with Gasteiger partial charge in [0.1, 0.15) is 5.75 Å². The number of aliphatic hydroxyl groups is 1. The van der Waals surface area contributed by atoms with E-state index in [2.05, 4.69) is 0 Å². The van der Waals surface area contributed by atoms with E-state index in [-0.39, 0.29) is 13.0 Å². The standard InChI is InChI=1S/C10H13NO3/c1-14-9-4-2-3-7(5-10(11)13)8(9)6-12/h2-4,12H,5-6H2,1H3,(H2,11,13). The van der Waals surface area contributed by atoms with Gasteiger partial charge in [0.2, 0.25) is 5.91 Å². The van der Waals surface area contributed by atoms with E-state index >= 15 is 0 Å². The molecule has 0 spiro atoms. The van der Waals surface area contributed by atoms with Crippen molar-refractivity contribution < 1.29 is 14.6 Å². The normalized spacial score (nSPS) is 9.86. The molecule has 0 unspecified atom stereocenters. The summed E-state index contributed by atoms with van der Waals surface area (Å²) in [7, 11) is 1.52. The van der Waals surface area contributed by atoms with Gasteiger partial charge in [-0.3, -0.25) is 4.79 Å². The smallest absolute Gasteiger partial charge is 0.221 e. The zero-order valence-electron chi connectivity index (χ0n) is 7.99. The number of ether oxygens (including phenoxy) is 1. The van der Waals surface area contributed by atoms with Gasteiger partial charge in [-0.2, -0.15) is 0 Å². The quantitative estimate of drug-likeness (QED) is 0.721. The lowest BCUT2D eigenvalue weighted by atomic mass is 10.0. The van der Waals surface area contributed by atoms with Gasteiger partial charge in [0.05, 0.1) is 20.1 Å². The number of amides is 1. The van der Waals surface area contributed by atoms with E-state index in [9.17, 15) is 4.79 Å². The summed E-state index contributed by atoms with van der Waals surface area (Å²) in [6.45, 7) is -0.160. The molecule has 0 aliphatic carbocycles. The van der Waals surface area contributed by atoms with E-state index in [0.717, 1.165) is 0 Å². The highest BCUT2D eigenvalue weighted by Crippen LogP contribution is 2.22. The second-order valence-corrected chi connectivity index (χ2v) is 2.90. The van der Waals surface area contributed by atoms with Crippen LogP contribution in [0.25, 0.3) is 0 Å². The van der Waals surface area contributed by atoms with Gasteiger partial charge < -0.3 is 15.6 Å². The molecule has 1 aromatic rings. The lowest BCUT2D eigenvalue weighted by molar-refractivity contribution is -0.117. The lowest BCUT2D eigenvalue weighted by Crippen LogP contribution is -2.15. The highest BCUT2D eigenvalue weighted by Gasteiger charge is 2.09. The first-order valence-electron chi connectivity index (χ1n) is 4.23. The van der Waals surface area contributed by atoms with Crippen LogP contribution in [-0.2, 0) is 17.8 Å². The molecule has 0 saturated heterocycles. The van der Waals surface area contributed by atoms with Crippen molar-refractivity contribution in [2.24, 2.45) is 5.73 Å². The van der Waals surface area contributed by atoms with Crippen LogP contribution < -0.4 is 10.5 Å². The summed E-state index contributed by atoms with van der Waals surface area (Å²) >= 11 is 0. The largest absolute Gasteiger partial charge is 0.496 e. The minimum Gasteiger partial charge on any atom is -0.496 e. The number of nitrogens with two attached hydrogens (primary N) is 1. The van der Waals surface area contributed by atoms with E-state index in [1.807, 2.05) is 0 Å². The molecule has 1 amide bonds. The van der Waals surface area contributed by atoms with Crippen molar-refractivity contribution in [2.75, 3.05) is 7.11 Å². The van der Waals surface area contributed by atoms with Crippen LogP contribution in [0.5, 0.6) is 5.75 Å². The summed E-state index contributed by atoms with van der Waals surface area (Å²) in [6, 6.07) is 5.24. The van der Waals surface area contributed by atoms with Crippen LogP contribution in [0.3, 0.4) is 0 Å². The molecule has 76 valence electrons. The first-order chi connectivity index (χ1) is 6.69. The average molecular weight is 195 g/mol. The van der Waals surface area contributed by atoms with Crippen LogP contribution in [-0.4, -0.2) is 18.1 Å². The molecule has 1 rings (SSSR count). The number of hydrogen-bond acceptors (Lipinski definition) is 3. The maximum Gasteiger partial charge on any atom is 0.221 e. The van der Waals surface area contributed by atoms with Crippen molar-refractivity contribution in [3.63, 3.8) is 0 Å². The third-order valence-electron chi connectivity index (χ3n) is 1.97. The van der Waals surface area contributed by atoms with E-state index in [1.165, 1.54) is 7.11 Å². The van der Waals surface area contributed by atoms with Crippen LogP contribution in [0, 0.1) is 0 Å². The number of hydrogen-bond donors (Lipinski definition) is 2. The van der Waals surface area contributed by atoms with Gasteiger partial charge in [-0.05, 0) is 11.6 Å². The maximum atomic E-state index is 10.7. The number of primary amides is 1. The molecular weight excluding hydrogens is 182 g/mol. The van der Waals surface area contributed by atoms with Gasteiger partial charge in [0.25, 0.3) is 0 Å². The Morgan fingerprint density at radius 1 is 1.57 bits per heavy atom. The zero-order chi connectivity index (χ0) is 10.6. The summed E-state index contributed by atoms with van der Waals surface area (Å²) in [5.74, 6) is 0.152. The number of carbonyl (C=O) groups excluding carboxylic acids is 1. The molecule has 0 fully saturated rings. The Morgan fingerprint density at radius 3 is 2.79 bits per heavy atom. The minimum absolute atomic E-state index is 0.118. The second-order valence-electron chi connectivity index (χ2n) is 2.90. The van der Waals surface area contributed by atoms with Crippen LogP contribution in [0.4, 0.5) is 0 Å². The SMILES string of the molecule is COc1cccc(CC(N)=O)c1CO. The fourth-order valence-corrected chi connectivity index (χ4v) is 1.34. The fourth-order valence-electron chi connectivity index (χ4n) is 1.34. The summed E-state index contributed by atoms with van der Waals surface area (Å²) in [4.78, 5) is 10.7. The molecule has 0 radical (unpaired) electrons. The van der Waals surface area contributed by atoms with Crippen molar-refractivity contribution in [3.8, 4) is 5.75 Å². The molecular formula is C10H13NO3. The molecule has 4 nitrogen and oxygen atoms in total. The minimum atomic E-state index is -0.423. The molecule has 0 heterocycles. The first kappa shape index (κ1) is 10.5. The van der Waals surface area contributed by atoms with E-state index in [4.69, 9.17) is 15.6 Å². The number of aliphatic hydroxyl groups excluding tert-OH is 1. The second kappa shape index (κ2) is 4.62. The summed E-state index contributed by atoms with van der Waals surface area (Å²) < 4.78 is 5.05. The molecule has 0 aliphatic heterocycles. The first-order valence-corrected chi connectivity index (χ1v) is 4.23. The Morgan fingerprint density at radius 2 is 2.29 bits per heavy atom. The van der Waals surface area contributed by atoms with Crippen LogP contribution >= 0.6 is 0 Å². The molecule has 4 heteroatoms. The lowest BCUT2D eigenvalue weighted by Gasteiger charge is -2.10. The molecule has 1 aromatic carbocycles.